The van der Waals surface area contributed by atoms with E-state index in [1.807, 2.05) is 0 Å². The average Bonchev–Trinajstić information content (AvgIpc) is 2.14. The van der Waals surface area contributed by atoms with Crippen molar-refractivity contribution in [2.75, 3.05) is 5.32 Å². The van der Waals surface area contributed by atoms with Gasteiger partial charge in [0.05, 0.1) is 4.92 Å². The Hall–Kier alpha value is -1.67. The van der Waals surface area contributed by atoms with Gasteiger partial charge in [0.2, 0.25) is 10.0 Å². The smallest absolute Gasteiger partial charge is 0.312 e. The SMILES string of the molecule is CC(C)Nc1cccc(S(N)(=O)=O)c1[N+](=O)[O-]. The third kappa shape index (κ3) is 3.14. The number of benzene rings is 1. The maximum atomic E-state index is 11.2. The molecule has 0 aliphatic carbocycles. The quantitative estimate of drug-likeness (QED) is 0.619. The minimum Gasteiger partial charge on any atom is -0.377 e. The van der Waals surface area contributed by atoms with Gasteiger partial charge in [-0.15, -0.1) is 0 Å². The van der Waals surface area contributed by atoms with Gasteiger partial charge in [-0.3, -0.25) is 10.1 Å². The molecule has 0 aliphatic rings. The summed E-state index contributed by atoms with van der Waals surface area (Å²) < 4.78 is 22.5. The van der Waals surface area contributed by atoms with E-state index in [4.69, 9.17) is 5.14 Å². The lowest BCUT2D eigenvalue weighted by Gasteiger charge is -2.11. The van der Waals surface area contributed by atoms with Crippen LogP contribution in [0.1, 0.15) is 13.8 Å². The molecule has 0 radical (unpaired) electrons. The van der Waals surface area contributed by atoms with Crippen LogP contribution in [0.15, 0.2) is 23.1 Å². The lowest BCUT2D eigenvalue weighted by atomic mass is 10.2. The van der Waals surface area contributed by atoms with Gasteiger partial charge in [0.25, 0.3) is 0 Å². The van der Waals surface area contributed by atoms with Crippen LogP contribution in [0.25, 0.3) is 0 Å². The van der Waals surface area contributed by atoms with E-state index in [0.29, 0.717) is 0 Å². The van der Waals surface area contributed by atoms with Crippen LogP contribution in [0, 0.1) is 10.1 Å². The van der Waals surface area contributed by atoms with Gasteiger partial charge in [0.1, 0.15) is 5.69 Å². The summed E-state index contributed by atoms with van der Waals surface area (Å²) in [5.41, 5.74) is -0.389. The third-order valence-corrected chi connectivity index (χ3v) is 2.87. The maximum absolute atomic E-state index is 11.2. The highest BCUT2D eigenvalue weighted by Gasteiger charge is 2.26. The van der Waals surface area contributed by atoms with Crippen molar-refractivity contribution in [1.29, 1.82) is 0 Å². The molecule has 94 valence electrons. The largest absolute Gasteiger partial charge is 0.377 e. The maximum Gasteiger partial charge on any atom is 0.312 e. The Bertz CT molecular complexity index is 539. The number of sulfonamides is 1. The molecule has 0 bridgehead atoms. The van der Waals surface area contributed by atoms with E-state index >= 15 is 0 Å². The molecule has 0 saturated heterocycles. The van der Waals surface area contributed by atoms with Gasteiger partial charge in [0.15, 0.2) is 4.90 Å². The summed E-state index contributed by atoms with van der Waals surface area (Å²) in [5.74, 6) is 0. The summed E-state index contributed by atoms with van der Waals surface area (Å²) in [7, 11) is -4.12. The molecule has 0 saturated carbocycles. The fourth-order valence-corrected chi connectivity index (χ4v) is 2.09. The summed E-state index contributed by atoms with van der Waals surface area (Å²) in [5, 5.41) is 18.7. The number of hydrogen-bond acceptors (Lipinski definition) is 5. The molecule has 8 heteroatoms. The van der Waals surface area contributed by atoms with Crippen molar-refractivity contribution in [1.82, 2.24) is 0 Å². The lowest BCUT2D eigenvalue weighted by Crippen LogP contribution is -2.17. The molecule has 0 atom stereocenters. The molecule has 0 spiro atoms. The average molecular weight is 259 g/mol. The molecule has 0 aromatic heterocycles. The minimum atomic E-state index is -4.12. The summed E-state index contributed by atoms with van der Waals surface area (Å²) in [4.78, 5) is 9.66. The first-order chi connectivity index (χ1) is 7.73. The first-order valence-corrected chi connectivity index (χ1v) is 6.35. The number of anilines is 1. The zero-order chi connectivity index (χ0) is 13.2. The minimum absolute atomic E-state index is 0.0653. The molecule has 0 amide bonds. The molecular formula is C9H13N3O4S. The van der Waals surface area contributed by atoms with Crippen LogP contribution in [0.3, 0.4) is 0 Å². The number of primary sulfonamides is 1. The van der Waals surface area contributed by atoms with Crippen LogP contribution < -0.4 is 10.5 Å². The van der Waals surface area contributed by atoms with Crippen LogP contribution in [0.4, 0.5) is 11.4 Å². The Kier molecular flexibility index (Phi) is 3.69. The lowest BCUT2D eigenvalue weighted by molar-refractivity contribution is -0.386. The summed E-state index contributed by atoms with van der Waals surface area (Å²) in [6.45, 7) is 3.57. The highest BCUT2D eigenvalue weighted by atomic mass is 32.2. The summed E-state index contributed by atoms with van der Waals surface area (Å²) >= 11 is 0. The first kappa shape index (κ1) is 13.4. The van der Waals surface area contributed by atoms with Crippen molar-refractivity contribution in [3.05, 3.63) is 28.3 Å². The predicted octanol–water partition coefficient (Wildman–Crippen LogP) is 1.06. The normalized spacial score (nSPS) is 11.5. The number of nitro benzene ring substituents is 1. The second-order valence-corrected chi connectivity index (χ2v) is 5.28. The molecule has 0 heterocycles. The van der Waals surface area contributed by atoms with Crippen molar-refractivity contribution in [3.8, 4) is 0 Å². The van der Waals surface area contributed by atoms with Crippen LogP contribution in [-0.4, -0.2) is 19.4 Å². The Labute approximate surface area is 98.8 Å². The fourth-order valence-electron chi connectivity index (χ4n) is 1.37. The highest BCUT2D eigenvalue weighted by molar-refractivity contribution is 7.89. The van der Waals surface area contributed by atoms with Crippen molar-refractivity contribution < 1.29 is 13.3 Å². The number of rotatable bonds is 4. The van der Waals surface area contributed by atoms with Gasteiger partial charge in [-0.25, -0.2) is 13.6 Å². The monoisotopic (exact) mass is 259 g/mol. The molecule has 7 nitrogen and oxygen atoms in total. The molecular weight excluding hydrogens is 246 g/mol. The summed E-state index contributed by atoms with van der Waals surface area (Å²) in [6, 6.07) is 3.88. The van der Waals surface area contributed by atoms with Gasteiger partial charge in [0, 0.05) is 6.04 Å². The van der Waals surface area contributed by atoms with Crippen molar-refractivity contribution in [3.63, 3.8) is 0 Å². The second-order valence-electron chi connectivity index (χ2n) is 3.75. The number of hydrogen-bond donors (Lipinski definition) is 2. The summed E-state index contributed by atoms with van der Waals surface area (Å²) in [6.07, 6.45) is 0. The van der Waals surface area contributed by atoms with Crippen LogP contribution in [0.5, 0.6) is 0 Å². The standard InChI is InChI=1S/C9H13N3O4S/c1-6(2)11-7-4-3-5-8(17(10,15)16)9(7)12(13)14/h3-6,11H,1-2H3,(H2,10,15,16). The number of nitro groups is 1. The Morgan fingerprint density at radius 1 is 1.41 bits per heavy atom. The Morgan fingerprint density at radius 3 is 2.41 bits per heavy atom. The molecule has 1 aromatic rings. The molecule has 0 unspecified atom stereocenters. The second kappa shape index (κ2) is 4.68. The van der Waals surface area contributed by atoms with Crippen molar-refractivity contribution in [2.45, 2.75) is 24.8 Å². The molecule has 0 aliphatic heterocycles. The van der Waals surface area contributed by atoms with E-state index in [1.54, 1.807) is 13.8 Å². The zero-order valence-electron chi connectivity index (χ0n) is 9.38. The van der Waals surface area contributed by atoms with E-state index in [1.165, 1.54) is 12.1 Å². The van der Waals surface area contributed by atoms with Gasteiger partial charge >= 0.3 is 5.69 Å². The van der Waals surface area contributed by atoms with E-state index in [2.05, 4.69) is 5.32 Å². The first-order valence-electron chi connectivity index (χ1n) is 4.80. The number of nitrogens with zero attached hydrogens (tertiary/aromatic N) is 1. The fraction of sp³-hybridized carbons (Fsp3) is 0.333. The van der Waals surface area contributed by atoms with E-state index in [0.717, 1.165) is 6.07 Å². The van der Waals surface area contributed by atoms with E-state index < -0.39 is 25.5 Å². The molecule has 17 heavy (non-hydrogen) atoms. The van der Waals surface area contributed by atoms with E-state index in [-0.39, 0.29) is 11.7 Å². The molecule has 3 N–H and O–H groups in total. The molecule has 0 fully saturated rings. The van der Waals surface area contributed by atoms with Crippen molar-refractivity contribution in [2.24, 2.45) is 5.14 Å². The highest BCUT2D eigenvalue weighted by Crippen LogP contribution is 2.31. The number of nitrogens with two attached hydrogens (primary N) is 1. The molecule has 1 rings (SSSR count). The number of nitrogens with one attached hydrogen (secondary N) is 1. The topological polar surface area (TPSA) is 115 Å². The van der Waals surface area contributed by atoms with E-state index in [9.17, 15) is 18.5 Å². The van der Waals surface area contributed by atoms with Crippen LogP contribution in [-0.2, 0) is 10.0 Å². The van der Waals surface area contributed by atoms with Gasteiger partial charge in [-0.2, -0.15) is 0 Å². The Morgan fingerprint density at radius 2 is 2.00 bits per heavy atom. The number of para-hydroxylation sites is 1. The zero-order valence-corrected chi connectivity index (χ0v) is 10.2. The Balaban J connectivity index is 3.49. The third-order valence-electron chi connectivity index (χ3n) is 1.93. The van der Waals surface area contributed by atoms with Crippen molar-refractivity contribution >= 4 is 21.4 Å². The van der Waals surface area contributed by atoms with Crippen LogP contribution in [0.2, 0.25) is 0 Å². The predicted molar refractivity (Wildman–Crippen MR) is 63.2 cm³/mol. The van der Waals surface area contributed by atoms with Crippen LogP contribution >= 0.6 is 0 Å². The van der Waals surface area contributed by atoms with Gasteiger partial charge < -0.3 is 5.32 Å². The van der Waals surface area contributed by atoms with Gasteiger partial charge in [-0.05, 0) is 26.0 Å². The molecule has 1 aromatic carbocycles. The van der Waals surface area contributed by atoms with Gasteiger partial charge in [-0.1, -0.05) is 6.07 Å².